The van der Waals surface area contributed by atoms with Gasteiger partial charge in [0.05, 0.1) is 0 Å². The summed E-state index contributed by atoms with van der Waals surface area (Å²) < 4.78 is 0. The molecule has 0 spiro atoms. The van der Waals surface area contributed by atoms with Crippen LogP contribution in [0, 0.1) is 5.41 Å². The fourth-order valence-corrected chi connectivity index (χ4v) is 0.711. The second-order valence-electron chi connectivity index (χ2n) is 2.44. The molecule has 0 fully saturated rings. The average molecular weight is 189 g/mol. The number of urea groups is 1. The summed E-state index contributed by atoms with van der Waals surface area (Å²) in [5.41, 5.74) is 0. The largest absolute Gasteiger partial charge is 0.335 e. The third-order valence-electron chi connectivity index (χ3n) is 1.42. The Balaban J connectivity index is 3.66. The van der Waals surface area contributed by atoms with Crippen molar-refractivity contribution in [2.24, 2.45) is 0 Å². The van der Waals surface area contributed by atoms with E-state index in [0.717, 1.165) is 6.42 Å². The standard InChI is InChI=1S/C7H15N3OS/c1-4-5(2)9-7(11)10-6(8)12-3/h5H,4H2,1-3H3,(H3,8,9,10,11). The first-order valence-corrected chi connectivity index (χ1v) is 5.02. The highest BCUT2D eigenvalue weighted by atomic mass is 32.2. The number of thioether (sulfide) groups is 1. The van der Waals surface area contributed by atoms with Gasteiger partial charge in [0.15, 0.2) is 5.17 Å². The SMILES string of the molecule is CCC(C)NC(=O)NC(=N)SC. The fourth-order valence-electron chi connectivity index (χ4n) is 0.516. The molecule has 0 aliphatic heterocycles. The van der Waals surface area contributed by atoms with Crippen LogP contribution in [0.25, 0.3) is 0 Å². The van der Waals surface area contributed by atoms with Crippen LogP contribution < -0.4 is 10.6 Å². The molecule has 0 aromatic heterocycles. The lowest BCUT2D eigenvalue weighted by Gasteiger charge is -2.11. The first-order valence-electron chi connectivity index (χ1n) is 3.80. The van der Waals surface area contributed by atoms with Crippen molar-refractivity contribution in [1.82, 2.24) is 10.6 Å². The summed E-state index contributed by atoms with van der Waals surface area (Å²) in [7, 11) is 0. The van der Waals surface area contributed by atoms with Crippen molar-refractivity contribution < 1.29 is 4.79 Å². The minimum atomic E-state index is -0.302. The molecule has 0 radical (unpaired) electrons. The van der Waals surface area contributed by atoms with Crippen LogP contribution in [0.3, 0.4) is 0 Å². The molecule has 4 nitrogen and oxygen atoms in total. The van der Waals surface area contributed by atoms with Gasteiger partial charge in [0, 0.05) is 6.04 Å². The number of rotatable bonds is 2. The molecule has 2 amide bonds. The van der Waals surface area contributed by atoms with E-state index in [1.165, 1.54) is 11.8 Å². The van der Waals surface area contributed by atoms with Gasteiger partial charge in [0.2, 0.25) is 0 Å². The van der Waals surface area contributed by atoms with Crippen LogP contribution in [0.4, 0.5) is 4.79 Å². The molecule has 12 heavy (non-hydrogen) atoms. The average Bonchev–Trinajstić information content (AvgIpc) is 2.03. The molecule has 1 atom stereocenters. The molecule has 70 valence electrons. The Morgan fingerprint density at radius 1 is 1.67 bits per heavy atom. The van der Waals surface area contributed by atoms with E-state index < -0.39 is 0 Å². The van der Waals surface area contributed by atoms with E-state index in [1.807, 2.05) is 13.8 Å². The third kappa shape index (κ3) is 5.01. The zero-order chi connectivity index (χ0) is 9.56. The predicted molar refractivity (Wildman–Crippen MR) is 52.7 cm³/mol. The minimum Gasteiger partial charge on any atom is -0.335 e. The molecule has 0 aromatic carbocycles. The van der Waals surface area contributed by atoms with Gasteiger partial charge in [0.25, 0.3) is 0 Å². The molecular weight excluding hydrogens is 174 g/mol. The molecule has 3 N–H and O–H groups in total. The highest BCUT2D eigenvalue weighted by molar-refractivity contribution is 8.13. The van der Waals surface area contributed by atoms with E-state index in [0.29, 0.717) is 0 Å². The molecular formula is C7H15N3OS. The zero-order valence-electron chi connectivity index (χ0n) is 7.60. The van der Waals surface area contributed by atoms with Crippen LogP contribution in [0.5, 0.6) is 0 Å². The highest BCUT2D eigenvalue weighted by Gasteiger charge is 2.05. The van der Waals surface area contributed by atoms with Crippen molar-refractivity contribution in [3.8, 4) is 0 Å². The first-order chi connectivity index (χ1) is 5.60. The molecule has 0 aliphatic carbocycles. The van der Waals surface area contributed by atoms with Crippen molar-refractivity contribution in [2.45, 2.75) is 26.3 Å². The van der Waals surface area contributed by atoms with E-state index in [9.17, 15) is 4.79 Å². The van der Waals surface area contributed by atoms with Crippen LogP contribution in [0.15, 0.2) is 0 Å². The van der Waals surface area contributed by atoms with Crippen LogP contribution in [0.1, 0.15) is 20.3 Å². The van der Waals surface area contributed by atoms with Crippen LogP contribution in [-0.2, 0) is 0 Å². The molecule has 0 saturated carbocycles. The summed E-state index contributed by atoms with van der Waals surface area (Å²) >= 11 is 1.20. The van der Waals surface area contributed by atoms with Crippen molar-refractivity contribution in [3.63, 3.8) is 0 Å². The monoisotopic (exact) mass is 189 g/mol. The van der Waals surface area contributed by atoms with E-state index in [1.54, 1.807) is 6.26 Å². The number of nitrogens with one attached hydrogen (secondary N) is 3. The van der Waals surface area contributed by atoms with Gasteiger partial charge in [0.1, 0.15) is 0 Å². The Labute approximate surface area is 77.0 Å². The van der Waals surface area contributed by atoms with Crippen LogP contribution in [-0.4, -0.2) is 23.5 Å². The van der Waals surface area contributed by atoms with E-state index in [2.05, 4.69) is 10.6 Å². The van der Waals surface area contributed by atoms with E-state index >= 15 is 0 Å². The normalized spacial score (nSPS) is 11.9. The number of amidine groups is 1. The Hall–Kier alpha value is -0.710. The molecule has 0 heterocycles. The second-order valence-corrected chi connectivity index (χ2v) is 3.26. The lowest BCUT2D eigenvalue weighted by Crippen LogP contribution is -2.42. The smallest absolute Gasteiger partial charge is 0.321 e. The quantitative estimate of drug-likeness (QED) is 0.454. The maximum Gasteiger partial charge on any atom is 0.321 e. The van der Waals surface area contributed by atoms with Gasteiger partial charge in [-0.3, -0.25) is 10.7 Å². The lowest BCUT2D eigenvalue weighted by atomic mass is 10.3. The molecule has 1 unspecified atom stereocenters. The first kappa shape index (κ1) is 11.3. The maximum absolute atomic E-state index is 11.0. The minimum absolute atomic E-state index is 0.152. The van der Waals surface area contributed by atoms with Crippen LogP contribution in [0.2, 0.25) is 0 Å². The summed E-state index contributed by atoms with van der Waals surface area (Å²) in [4.78, 5) is 11.0. The van der Waals surface area contributed by atoms with Gasteiger partial charge in [-0.25, -0.2) is 4.79 Å². The Kier molecular flexibility index (Phi) is 5.53. The van der Waals surface area contributed by atoms with Gasteiger partial charge in [-0.05, 0) is 19.6 Å². The van der Waals surface area contributed by atoms with E-state index in [-0.39, 0.29) is 17.2 Å². The summed E-state index contributed by atoms with van der Waals surface area (Å²) in [6.07, 6.45) is 2.63. The Morgan fingerprint density at radius 2 is 2.25 bits per heavy atom. The van der Waals surface area contributed by atoms with Crippen molar-refractivity contribution >= 4 is 23.0 Å². The van der Waals surface area contributed by atoms with Gasteiger partial charge in [-0.15, -0.1) is 0 Å². The van der Waals surface area contributed by atoms with Gasteiger partial charge in [-0.2, -0.15) is 0 Å². The maximum atomic E-state index is 11.0. The van der Waals surface area contributed by atoms with Gasteiger partial charge >= 0.3 is 6.03 Å². The number of carbonyl (C=O) groups excluding carboxylic acids is 1. The number of hydrogen-bond donors (Lipinski definition) is 3. The number of hydrogen-bond acceptors (Lipinski definition) is 3. The zero-order valence-corrected chi connectivity index (χ0v) is 8.42. The highest BCUT2D eigenvalue weighted by Crippen LogP contribution is 1.91. The molecule has 0 aromatic rings. The molecule has 0 saturated heterocycles. The molecule has 0 rings (SSSR count). The lowest BCUT2D eigenvalue weighted by molar-refractivity contribution is 0.242. The molecule has 5 heteroatoms. The van der Waals surface area contributed by atoms with E-state index in [4.69, 9.17) is 5.41 Å². The fraction of sp³-hybridized carbons (Fsp3) is 0.714. The summed E-state index contributed by atoms with van der Waals surface area (Å²) in [5.74, 6) is 0. The molecule has 0 aliphatic rings. The topological polar surface area (TPSA) is 65.0 Å². The number of amides is 2. The molecule has 0 bridgehead atoms. The van der Waals surface area contributed by atoms with Crippen molar-refractivity contribution in [3.05, 3.63) is 0 Å². The van der Waals surface area contributed by atoms with Crippen molar-refractivity contribution in [2.75, 3.05) is 6.26 Å². The Bertz CT molecular complexity index is 172. The summed E-state index contributed by atoms with van der Waals surface area (Å²) in [6, 6.07) is -0.150. The third-order valence-corrected chi connectivity index (χ3v) is 1.93. The summed E-state index contributed by atoms with van der Waals surface area (Å²) in [5, 5.41) is 12.4. The second kappa shape index (κ2) is 5.88. The number of carbonyl (C=O) groups is 1. The predicted octanol–water partition coefficient (Wildman–Crippen LogP) is 1.38. The van der Waals surface area contributed by atoms with Gasteiger partial charge < -0.3 is 5.32 Å². The van der Waals surface area contributed by atoms with Crippen LogP contribution >= 0.6 is 11.8 Å². The van der Waals surface area contributed by atoms with Crippen molar-refractivity contribution in [1.29, 1.82) is 5.41 Å². The Morgan fingerprint density at radius 3 is 2.67 bits per heavy atom. The summed E-state index contributed by atoms with van der Waals surface area (Å²) in [6.45, 7) is 3.91. The van der Waals surface area contributed by atoms with Gasteiger partial charge in [-0.1, -0.05) is 18.7 Å².